The molecule has 3 heterocycles. The first-order valence-corrected chi connectivity index (χ1v) is 5.91. The molecule has 0 bridgehead atoms. The molecule has 0 aliphatic rings. The van der Waals surface area contributed by atoms with E-state index in [1.54, 1.807) is 34.2 Å². The Labute approximate surface area is 114 Å². The van der Waals surface area contributed by atoms with Gasteiger partial charge >= 0.3 is 0 Å². The molecule has 3 N–H and O–H groups in total. The lowest BCUT2D eigenvalue weighted by Crippen LogP contribution is -2.16. The minimum Gasteiger partial charge on any atom is -0.292 e. The van der Waals surface area contributed by atoms with Crippen LogP contribution in [-0.4, -0.2) is 34.1 Å². The number of hydrogen-bond acceptors (Lipinski definition) is 7. The molecule has 3 rings (SSSR count). The fourth-order valence-corrected chi connectivity index (χ4v) is 1.72. The Morgan fingerprint density at radius 2 is 1.90 bits per heavy atom. The van der Waals surface area contributed by atoms with Gasteiger partial charge in [0.2, 0.25) is 17.8 Å². The Bertz CT molecular complexity index is 728. The molecule has 20 heavy (non-hydrogen) atoms. The van der Waals surface area contributed by atoms with E-state index < -0.39 is 0 Å². The molecule has 0 spiro atoms. The number of hydrogen-bond donors (Lipinski definition) is 2. The molecule has 0 radical (unpaired) electrons. The molecule has 0 saturated heterocycles. The molecule has 0 amide bonds. The van der Waals surface area contributed by atoms with E-state index in [4.69, 9.17) is 5.84 Å². The zero-order valence-electron chi connectivity index (χ0n) is 11.0. The number of anilines is 1. The molecule has 3 aromatic heterocycles. The van der Waals surface area contributed by atoms with E-state index in [1.165, 1.54) is 0 Å². The molecule has 0 atom stereocenters. The van der Waals surface area contributed by atoms with Crippen LogP contribution in [0.5, 0.6) is 0 Å². The highest BCUT2D eigenvalue weighted by molar-refractivity contribution is 5.33. The summed E-state index contributed by atoms with van der Waals surface area (Å²) in [5, 5.41) is 0. The van der Waals surface area contributed by atoms with Crippen molar-refractivity contribution in [2.75, 3.05) is 5.43 Å². The second-order valence-electron chi connectivity index (χ2n) is 4.16. The molecule has 9 nitrogen and oxygen atoms in total. The van der Waals surface area contributed by atoms with Gasteiger partial charge in [-0.1, -0.05) is 0 Å². The lowest BCUT2D eigenvalue weighted by molar-refractivity contribution is 0.825. The Morgan fingerprint density at radius 1 is 1.10 bits per heavy atom. The average Bonchev–Trinajstić information content (AvgIpc) is 3.10. The predicted molar refractivity (Wildman–Crippen MR) is 71.4 cm³/mol. The summed E-state index contributed by atoms with van der Waals surface area (Å²) in [4.78, 5) is 21.0. The Hall–Kier alpha value is -2.81. The van der Waals surface area contributed by atoms with E-state index in [9.17, 15) is 0 Å². The van der Waals surface area contributed by atoms with Gasteiger partial charge in [0.1, 0.15) is 12.7 Å². The maximum absolute atomic E-state index is 5.41. The number of imidazole rings is 2. The monoisotopic (exact) mass is 271 g/mol. The SMILES string of the molecule is Cc1ncn(-c2nc(NN)nc(-n3ccnc3)n2)c1C. The summed E-state index contributed by atoms with van der Waals surface area (Å²) in [5.74, 6) is 6.54. The van der Waals surface area contributed by atoms with Crippen LogP contribution in [0.3, 0.4) is 0 Å². The van der Waals surface area contributed by atoms with Crippen molar-refractivity contribution in [1.82, 2.24) is 34.1 Å². The van der Waals surface area contributed by atoms with E-state index in [1.807, 2.05) is 13.8 Å². The molecule has 102 valence electrons. The average molecular weight is 271 g/mol. The molecule has 3 aromatic rings. The topological polar surface area (TPSA) is 112 Å². The number of hydrazine groups is 1. The normalized spacial score (nSPS) is 10.8. The summed E-state index contributed by atoms with van der Waals surface area (Å²) in [5.41, 5.74) is 4.30. The van der Waals surface area contributed by atoms with Gasteiger partial charge in [-0.05, 0) is 13.8 Å². The van der Waals surface area contributed by atoms with Gasteiger partial charge in [0.15, 0.2) is 0 Å². The minimum absolute atomic E-state index is 0.268. The smallest absolute Gasteiger partial charge is 0.243 e. The Balaban J connectivity index is 2.16. The molecule has 0 aliphatic carbocycles. The first-order valence-electron chi connectivity index (χ1n) is 5.91. The number of aromatic nitrogens is 7. The molecule has 0 fully saturated rings. The van der Waals surface area contributed by atoms with Crippen molar-refractivity contribution in [1.29, 1.82) is 0 Å². The summed E-state index contributed by atoms with van der Waals surface area (Å²) < 4.78 is 3.45. The van der Waals surface area contributed by atoms with E-state index in [0.717, 1.165) is 11.4 Å². The van der Waals surface area contributed by atoms with Gasteiger partial charge in [-0.15, -0.1) is 0 Å². The predicted octanol–water partition coefficient (Wildman–Crippen LogP) is 0.145. The number of nitrogens with zero attached hydrogens (tertiary/aromatic N) is 7. The first kappa shape index (κ1) is 12.2. The third-order valence-corrected chi connectivity index (χ3v) is 2.94. The van der Waals surface area contributed by atoms with Crippen LogP contribution < -0.4 is 11.3 Å². The van der Waals surface area contributed by atoms with Gasteiger partial charge in [-0.25, -0.2) is 15.8 Å². The van der Waals surface area contributed by atoms with Crippen LogP contribution in [0.2, 0.25) is 0 Å². The van der Waals surface area contributed by atoms with Gasteiger partial charge < -0.3 is 0 Å². The van der Waals surface area contributed by atoms with Gasteiger partial charge in [-0.2, -0.15) is 15.0 Å². The van der Waals surface area contributed by atoms with E-state index in [2.05, 4.69) is 30.3 Å². The van der Waals surface area contributed by atoms with Gasteiger partial charge in [0.05, 0.1) is 5.69 Å². The van der Waals surface area contributed by atoms with Crippen molar-refractivity contribution in [3.63, 3.8) is 0 Å². The summed E-state index contributed by atoms with van der Waals surface area (Å²) in [7, 11) is 0. The fraction of sp³-hybridized carbons (Fsp3) is 0.182. The van der Waals surface area contributed by atoms with Crippen LogP contribution in [0.25, 0.3) is 11.9 Å². The molecular formula is C11H13N9. The van der Waals surface area contributed by atoms with Crippen LogP contribution in [0.15, 0.2) is 25.0 Å². The van der Waals surface area contributed by atoms with Crippen molar-refractivity contribution in [3.8, 4) is 11.9 Å². The van der Waals surface area contributed by atoms with E-state index in [0.29, 0.717) is 11.9 Å². The van der Waals surface area contributed by atoms with Crippen molar-refractivity contribution < 1.29 is 0 Å². The summed E-state index contributed by atoms with van der Waals surface area (Å²) in [6.07, 6.45) is 6.65. The Kier molecular flexibility index (Phi) is 2.88. The van der Waals surface area contributed by atoms with E-state index in [-0.39, 0.29) is 5.95 Å². The second kappa shape index (κ2) is 4.70. The Morgan fingerprint density at radius 3 is 2.50 bits per heavy atom. The number of nitrogens with two attached hydrogens (primary N) is 1. The molecule has 0 unspecified atom stereocenters. The fourth-order valence-electron chi connectivity index (χ4n) is 1.72. The summed E-state index contributed by atoms with van der Waals surface area (Å²) >= 11 is 0. The van der Waals surface area contributed by atoms with Gasteiger partial charge in [-0.3, -0.25) is 14.6 Å². The first-order chi connectivity index (χ1) is 9.69. The van der Waals surface area contributed by atoms with Crippen LogP contribution in [-0.2, 0) is 0 Å². The van der Waals surface area contributed by atoms with Gasteiger partial charge in [0, 0.05) is 18.1 Å². The largest absolute Gasteiger partial charge is 0.292 e. The quantitative estimate of drug-likeness (QED) is 0.515. The minimum atomic E-state index is 0.268. The third kappa shape index (κ3) is 1.99. The van der Waals surface area contributed by atoms with Crippen LogP contribution >= 0.6 is 0 Å². The number of nitrogen functional groups attached to an aromatic ring is 1. The highest BCUT2D eigenvalue weighted by atomic mass is 15.4. The van der Waals surface area contributed by atoms with Crippen molar-refractivity contribution in [2.24, 2.45) is 5.84 Å². The van der Waals surface area contributed by atoms with Crippen molar-refractivity contribution >= 4 is 5.95 Å². The van der Waals surface area contributed by atoms with Crippen LogP contribution in [0.4, 0.5) is 5.95 Å². The summed E-state index contributed by atoms with van der Waals surface area (Å²) in [6.45, 7) is 3.87. The lowest BCUT2D eigenvalue weighted by Gasteiger charge is -2.08. The highest BCUT2D eigenvalue weighted by Crippen LogP contribution is 2.12. The highest BCUT2D eigenvalue weighted by Gasteiger charge is 2.12. The zero-order chi connectivity index (χ0) is 14.1. The number of rotatable bonds is 3. The van der Waals surface area contributed by atoms with Gasteiger partial charge in [0.25, 0.3) is 0 Å². The maximum Gasteiger partial charge on any atom is 0.243 e. The number of nitrogens with one attached hydrogen (secondary N) is 1. The maximum atomic E-state index is 5.41. The molecular weight excluding hydrogens is 258 g/mol. The molecule has 9 heteroatoms. The van der Waals surface area contributed by atoms with Crippen molar-refractivity contribution in [3.05, 3.63) is 36.4 Å². The summed E-state index contributed by atoms with van der Waals surface area (Å²) in [6, 6.07) is 0. The third-order valence-electron chi connectivity index (χ3n) is 2.94. The van der Waals surface area contributed by atoms with E-state index >= 15 is 0 Å². The molecule has 0 aliphatic heterocycles. The second-order valence-corrected chi connectivity index (χ2v) is 4.16. The molecule has 0 aromatic carbocycles. The standard InChI is InChI=1S/C11H13N9/c1-7-8(2)20(6-14-7)11-16-9(18-12)15-10(17-11)19-4-3-13-5-19/h3-6H,12H2,1-2H3,(H,15,16,17,18). The molecule has 0 saturated carbocycles. The van der Waals surface area contributed by atoms with Crippen LogP contribution in [0, 0.1) is 13.8 Å². The zero-order valence-corrected chi connectivity index (χ0v) is 11.0. The van der Waals surface area contributed by atoms with Crippen molar-refractivity contribution in [2.45, 2.75) is 13.8 Å². The van der Waals surface area contributed by atoms with Crippen LogP contribution in [0.1, 0.15) is 11.4 Å². The lowest BCUT2D eigenvalue weighted by atomic mass is 10.4. The number of aryl methyl sites for hydroxylation is 1.